The zero-order valence-corrected chi connectivity index (χ0v) is 11.4. The van der Waals surface area contributed by atoms with E-state index in [2.05, 4.69) is 0 Å². The first kappa shape index (κ1) is 13.8. The molecule has 0 unspecified atom stereocenters. The van der Waals surface area contributed by atoms with Crippen molar-refractivity contribution in [1.82, 2.24) is 4.90 Å². The molecule has 4 heteroatoms. The molecule has 0 fully saturated rings. The summed E-state index contributed by atoms with van der Waals surface area (Å²) in [6.07, 6.45) is 0. The van der Waals surface area contributed by atoms with Crippen LogP contribution >= 0.6 is 11.6 Å². The number of carbonyl (C=O) groups excluding carboxylic acids is 1. The van der Waals surface area contributed by atoms with Crippen LogP contribution in [0, 0.1) is 6.92 Å². The molecule has 0 aliphatic rings. The van der Waals surface area contributed by atoms with E-state index >= 15 is 0 Å². The van der Waals surface area contributed by atoms with E-state index in [1.165, 1.54) is 6.07 Å². The summed E-state index contributed by atoms with van der Waals surface area (Å²) < 4.78 is 0. The van der Waals surface area contributed by atoms with E-state index in [9.17, 15) is 9.90 Å². The maximum absolute atomic E-state index is 12.2. The summed E-state index contributed by atoms with van der Waals surface area (Å²) in [5.41, 5.74) is 0.800. The Bertz CT molecular complexity index is 429. The summed E-state index contributed by atoms with van der Waals surface area (Å²) in [6.45, 7) is 5.58. The van der Waals surface area contributed by atoms with Crippen molar-refractivity contribution in [1.29, 1.82) is 0 Å². The van der Waals surface area contributed by atoms with Gasteiger partial charge in [-0.2, -0.15) is 0 Å². The first-order valence-electron chi connectivity index (χ1n) is 5.43. The molecule has 0 saturated carbocycles. The van der Waals surface area contributed by atoms with Crippen LogP contribution in [-0.2, 0) is 0 Å². The number of halogens is 1. The minimum Gasteiger partial charge on any atom is -0.508 e. The standard InChI is InChI=1S/C13H18ClNO2/c1-9-5-6-10(7-11(9)16)12(17)15(4)13(2,3)8-14/h5-7,16H,8H2,1-4H3. The first-order chi connectivity index (χ1) is 7.79. The molecule has 0 radical (unpaired) electrons. The monoisotopic (exact) mass is 255 g/mol. The van der Waals surface area contributed by atoms with Crippen molar-refractivity contribution >= 4 is 17.5 Å². The predicted molar refractivity (Wildman–Crippen MR) is 69.7 cm³/mol. The number of rotatable bonds is 3. The number of phenolic OH excluding ortho intramolecular Hbond substituents is 1. The van der Waals surface area contributed by atoms with Crippen LogP contribution in [0.5, 0.6) is 5.75 Å². The molecule has 0 aromatic heterocycles. The number of alkyl halides is 1. The molecular formula is C13H18ClNO2. The summed E-state index contributed by atoms with van der Waals surface area (Å²) in [4.78, 5) is 13.8. The van der Waals surface area contributed by atoms with Crippen LogP contribution < -0.4 is 0 Å². The summed E-state index contributed by atoms with van der Waals surface area (Å²) in [6, 6.07) is 4.92. The Morgan fingerprint density at radius 2 is 2.06 bits per heavy atom. The molecule has 0 saturated heterocycles. The third kappa shape index (κ3) is 2.91. The number of amides is 1. The van der Waals surface area contributed by atoms with Gasteiger partial charge >= 0.3 is 0 Å². The molecule has 3 nitrogen and oxygen atoms in total. The first-order valence-corrected chi connectivity index (χ1v) is 5.97. The lowest BCUT2D eigenvalue weighted by molar-refractivity contribution is 0.0660. The van der Waals surface area contributed by atoms with Crippen LogP contribution in [0.1, 0.15) is 29.8 Å². The average Bonchev–Trinajstić information content (AvgIpc) is 2.30. The van der Waals surface area contributed by atoms with Gasteiger partial charge in [-0.3, -0.25) is 4.79 Å². The number of hydrogen-bond acceptors (Lipinski definition) is 2. The Kier molecular flexibility index (Phi) is 4.04. The molecular weight excluding hydrogens is 238 g/mol. The van der Waals surface area contributed by atoms with E-state index in [-0.39, 0.29) is 11.7 Å². The number of aryl methyl sites for hydroxylation is 1. The number of nitrogens with zero attached hydrogens (tertiary/aromatic N) is 1. The summed E-state index contributed by atoms with van der Waals surface area (Å²) in [5.74, 6) is 0.339. The molecule has 1 amide bonds. The molecule has 94 valence electrons. The SMILES string of the molecule is Cc1ccc(C(=O)N(C)C(C)(C)CCl)cc1O. The molecule has 1 N–H and O–H groups in total. The van der Waals surface area contributed by atoms with Crippen LogP contribution in [0.4, 0.5) is 0 Å². The van der Waals surface area contributed by atoms with Gasteiger partial charge in [-0.25, -0.2) is 0 Å². The normalized spacial score (nSPS) is 11.4. The quantitative estimate of drug-likeness (QED) is 0.844. The lowest BCUT2D eigenvalue weighted by Gasteiger charge is -2.34. The highest BCUT2D eigenvalue weighted by Gasteiger charge is 2.27. The van der Waals surface area contributed by atoms with Gasteiger partial charge in [0.05, 0.1) is 5.54 Å². The largest absolute Gasteiger partial charge is 0.508 e. The van der Waals surface area contributed by atoms with Crippen LogP contribution in [0.3, 0.4) is 0 Å². The van der Waals surface area contributed by atoms with Crippen molar-refractivity contribution < 1.29 is 9.90 Å². The number of carbonyl (C=O) groups is 1. The van der Waals surface area contributed by atoms with Gasteiger partial charge in [0.1, 0.15) is 5.75 Å². The maximum atomic E-state index is 12.2. The van der Waals surface area contributed by atoms with Gasteiger partial charge in [0.2, 0.25) is 0 Å². The van der Waals surface area contributed by atoms with Gasteiger partial charge in [0.25, 0.3) is 5.91 Å². The van der Waals surface area contributed by atoms with Crippen LogP contribution in [0.2, 0.25) is 0 Å². The van der Waals surface area contributed by atoms with Crippen LogP contribution in [-0.4, -0.2) is 34.4 Å². The van der Waals surface area contributed by atoms with Gasteiger partial charge in [-0.15, -0.1) is 11.6 Å². The van der Waals surface area contributed by atoms with Crippen molar-refractivity contribution in [3.63, 3.8) is 0 Å². The van der Waals surface area contributed by atoms with E-state index in [1.807, 2.05) is 13.8 Å². The van der Waals surface area contributed by atoms with E-state index in [4.69, 9.17) is 11.6 Å². The molecule has 0 spiro atoms. The molecule has 0 atom stereocenters. The third-order valence-electron chi connectivity index (χ3n) is 3.00. The molecule has 1 aromatic rings. The van der Waals surface area contributed by atoms with Gasteiger partial charge in [-0.1, -0.05) is 6.07 Å². The minimum atomic E-state index is -0.418. The second kappa shape index (κ2) is 4.96. The van der Waals surface area contributed by atoms with E-state index in [0.717, 1.165) is 5.56 Å². The minimum absolute atomic E-state index is 0.132. The van der Waals surface area contributed by atoms with Gasteiger partial charge in [0, 0.05) is 18.5 Å². The third-order valence-corrected chi connectivity index (χ3v) is 3.65. The molecule has 1 rings (SSSR count). The van der Waals surface area contributed by atoms with Crippen molar-refractivity contribution in [2.24, 2.45) is 0 Å². The van der Waals surface area contributed by atoms with Gasteiger partial charge in [-0.05, 0) is 38.5 Å². The van der Waals surface area contributed by atoms with Crippen molar-refractivity contribution in [2.75, 3.05) is 12.9 Å². The smallest absolute Gasteiger partial charge is 0.254 e. The van der Waals surface area contributed by atoms with E-state index in [0.29, 0.717) is 11.4 Å². The number of aromatic hydroxyl groups is 1. The highest BCUT2D eigenvalue weighted by atomic mass is 35.5. The molecule has 17 heavy (non-hydrogen) atoms. The van der Waals surface area contributed by atoms with Gasteiger partial charge < -0.3 is 10.0 Å². The highest BCUT2D eigenvalue weighted by Crippen LogP contribution is 2.21. The topological polar surface area (TPSA) is 40.5 Å². The average molecular weight is 256 g/mol. The fourth-order valence-electron chi connectivity index (χ4n) is 1.30. The summed E-state index contributed by atoms with van der Waals surface area (Å²) in [5, 5.41) is 9.59. The second-order valence-electron chi connectivity index (χ2n) is 4.81. The Morgan fingerprint density at radius 1 is 1.47 bits per heavy atom. The zero-order valence-electron chi connectivity index (χ0n) is 10.6. The van der Waals surface area contributed by atoms with Gasteiger partial charge in [0.15, 0.2) is 0 Å². The Hall–Kier alpha value is -1.22. The molecule has 0 aliphatic heterocycles. The van der Waals surface area contributed by atoms with E-state index in [1.54, 1.807) is 31.0 Å². The Labute approximate surface area is 107 Å². The lowest BCUT2D eigenvalue weighted by Crippen LogP contribution is -2.46. The van der Waals surface area contributed by atoms with E-state index < -0.39 is 5.54 Å². The highest BCUT2D eigenvalue weighted by molar-refractivity contribution is 6.18. The fourth-order valence-corrected chi connectivity index (χ4v) is 1.48. The van der Waals surface area contributed by atoms with Crippen LogP contribution in [0.15, 0.2) is 18.2 Å². The van der Waals surface area contributed by atoms with Crippen molar-refractivity contribution in [3.8, 4) is 5.75 Å². The molecule has 0 bridgehead atoms. The van der Waals surface area contributed by atoms with Crippen molar-refractivity contribution in [3.05, 3.63) is 29.3 Å². The number of benzene rings is 1. The number of hydrogen-bond donors (Lipinski definition) is 1. The summed E-state index contributed by atoms with van der Waals surface area (Å²) >= 11 is 5.83. The summed E-state index contributed by atoms with van der Waals surface area (Å²) in [7, 11) is 1.71. The zero-order chi connectivity index (χ0) is 13.2. The lowest BCUT2D eigenvalue weighted by atomic mass is 10.0. The Balaban J connectivity index is 3.01. The number of phenols is 1. The molecule has 0 heterocycles. The predicted octanol–water partition coefficient (Wildman–Crippen LogP) is 2.79. The van der Waals surface area contributed by atoms with Crippen LogP contribution in [0.25, 0.3) is 0 Å². The maximum Gasteiger partial charge on any atom is 0.254 e. The molecule has 0 aliphatic carbocycles. The fraction of sp³-hybridized carbons (Fsp3) is 0.462. The van der Waals surface area contributed by atoms with Crippen molar-refractivity contribution in [2.45, 2.75) is 26.3 Å². The molecule has 1 aromatic carbocycles. The Morgan fingerprint density at radius 3 is 2.53 bits per heavy atom. The second-order valence-corrected chi connectivity index (χ2v) is 5.08.